The summed E-state index contributed by atoms with van der Waals surface area (Å²) < 4.78 is 10.4. The molecule has 0 fully saturated rings. The predicted molar refractivity (Wildman–Crippen MR) is 80.3 cm³/mol. The molecule has 0 aliphatic heterocycles. The largest absolute Gasteiger partial charge is 0.497 e. The van der Waals surface area contributed by atoms with Crippen LogP contribution in [0.5, 0.6) is 11.5 Å². The van der Waals surface area contributed by atoms with Gasteiger partial charge in [-0.2, -0.15) is 0 Å². The molecule has 0 unspecified atom stereocenters. The number of rotatable bonds is 5. The van der Waals surface area contributed by atoms with Gasteiger partial charge in [0.15, 0.2) is 0 Å². The van der Waals surface area contributed by atoms with Gasteiger partial charge in [-0.25, -0.2) is 0 Å². The van der Waals surface area contributed by atoms with Gasteiger partial charge in [0.05, 0.1) is 24.8 Å². The zero-order chi connectivity index (χ0) is 15.4. The first-order valence-electron chi connectivity index (χ1n) is 6.08. The molecule has 0 aliphatic carbocycles. The Balaban J connectivity index is 2.30. The summed E-state index contributed by atoms with van der Waals surface area (Å²) in [5.41, 5.74) is 6.96. The molecule has 2 rings (SSSR count). The third kappa shape index (κ3) is 3.14. The van der Waals surface area contributed by atoms with Gasteiger partial charge in [-0.1, -0.05) is 0 Å². The maximum atomic E-state index is 10.7. The van der Waals surface area contributed by atoms with Gasteiger partial charge in [-0.3, -0.25) is 10.1 Å². The van der Waals surface area contributed by atoms with Gasteiger partial charge in [-0.05, 0) is 24.3 Å². The van der Waals surface area contributed by atoms with E-state index < -0.39 is 4.92 Å². The van der Waals surface area contributed by atoms with Crippen LogP contribution in [0.3, 0.4) is 0 Å². The number of ether oxygens (including phenoxy) is 2. The Kier molecular flexibility index (Phi) is 4.13. The molecule has 0 spiro atoms. The molecular weight excluding hydrogens is 274 g/mol. The van der Waals surface area contributed by atoms with Crippen molar-refractivity contribution in [3.05, 3.63) is 46.5 Å². The van der Waals surface area contributed by atoms with E-state index in [1.165, 1.54) is 12.1 Å². The highest BCUT2D eigenvalue weighted by Crippen LogP contribution is 2.33. The summed E-state index contributed by atoms with van der Waals surface area (Å²) in [4.78, 5) is 10.2. The van der Waals surface area contributed by atoms with E-state index in [1.807, 2.05) is 0 Å². The number of nitrogens with two attached hydrogens (primary N) is 1. The monoisotopic (exact) mass is 289 g/mol. The standard InChI is InChI=1S/C14H15N3O4/c1-20-10-4-5-12(14(8-10)21-2)16-9-3-6-13(17(18)19)11(15)7-9/h3-8,16H,15H2,1-2H3. The maximum Gasteiger partial charge on any atom is 0.292 e. The van der Waals surface area contributed by atoms with E-state index in [2.05, 4.69) is 5.32 Å². The summed E-state index contributed by atoms with van der Waals surface area (Å²) in [5, 5.41) is 13.8. The van der Waals surface area contributed by atoms with Crippen molar-refractivity contribution in [3.63, 3.8) is 0 Å². The summed E-state index contributed by atoms with van der Waals surface area (Å²) in [5.74, 6) is 1.26. The summed E-state index contributed by atoms with van der Waals surface area (Å²) in [7, 11) is 3.11. The number of nitro benzene ring substituents is 1. The minimum atomic E-state index is -0.521. The fraction of sp³-hybridized carbons (Fsp3) is 0.143. The van der Waals surface area contributed by atoms with Crippen LogP contribution in [-0.4, -0.2) is 19.1 Å². The molecule has 0 saturated carbocycles. The van der Waals surface area contributed by atoms with Crippen molar-refractivity contribution >= 4 is 22.7 Å². The van der Waals surface area contributed by atoms with E-state index in [1.54, 1.807) is 38.5 Å². The molecule has 2 aromatic carbocycles. The molecule has 0 amide bonds. The van der Waals surface area contributed by atoms with E-state index in [9.17, 15) is 10.1 Å². The van der Waals surface area contributed by atoms with Crippen molar-refractivity contribution in [1.29, 1.82) is 0 Å². The normalized spacial score (nSPS) is 10.0. The first-order chi connectivity index (χ1) is 10.0. The summed E-state index contributed by atoms with van der Waals surface area (Å²) in [6.07, 6.45) is 0. The lowest BCUT2D eigenvalue weighted by Gasteiger charge is -2.12. The summed E-state index contributed by atoms with van der Waals surface area (Å²) in [6, 6.07) is 9.74. The molecule has 21 heavy (non-hydrogen) atoms. The zero-order valence-electron chi connectivity index (χ0n) is 11.6. The minimum absolute atomic E-state index is 0.0949. The van der Waals surface area contributed by atoms with Crippen molar-refractivity contribution in [3.8, 4) is 11.5 Å². The average Bonchev–Trinajstić information content (AvgIpc) is 2.47. The Bertz CT molecular complexity index is 673. The fourth-order valence-corrected chi connectivity index (χ4v) is 1.86. The van der Waals surface area contributed by atoms with Crippen molar-refractivity contribution < 1.29 is 14.4 Å². The third-order valence-electron chi connectivity index (χ3n) is 2.91. The van der Waals surface area contributed by atoms with Crippen molar-refractivity contribution in [1.82, 2.24) is 0 Å². The number of anilines is 3. The van der Waals surface area contributed by atoms with Crippen LogP contribution in [0.1, 0.15) is 0 Å². The highest BCUT2D eigenvalue weighted by Gasteiger charge is 2.12. The van der Waals surface area contributed by atoms with Gasteiger partial charge in [-0.15, -0.1) is 0 Å². The van der Waals surface area contributed by atoms with Crippen molar-refractivity contribution in [2.45, 2.75) is 0 Å². The first kappa shape index (κ1) is 14.4. The number of nitrogens with zero attached hydrogens (tertiary/aromatic N) is 1. The number of nitrogen functional groups attached to an aromatic ring is 1. The van der Waals surface area contributed by atoms with Gasteiger partial charge in [0, 0.05) is 17.8 Å². The molecule has 0 heterocycles. The molecule has 0 atom stereocenters. The molecule has 0 bridgehead atoms. The van der Waals surface area contributed by atoms with Crippen LogP contribution >= 0.6 is 0 Å². The van der Waals surface area contributed by atoms with E-state index in [0.717, 1.165) is 0 Å². The highest BCUT2D eigenvalue weighted by atomic mass is 16.6. The van der Waals surface area contributed by atoms with Crippen molar-refractivity contribution in [2.75, 3.05) is 25.3 Å². The molecule has 2 aromatic rings. The van der Waals surface area contributed by atoms with Gasteiger partial charge < -0.3 is 20.5 Å². The van der Waals surface area contributed by atoms with E-state index in [0.29, 0.717) is 22.9 Å². The van der Waals surface area contributed by atoms with Crippen LogP contribution < -0.4 is 20.5 Å². The Morgan fingerprint density at radius 3 is 2.48 bits per heavy atom. The van der Waals surface area contributed by atoms with Crippen LogP contribution in [0, 0.1) is 10.1 Å². The first-order valence-corrected chi connectivity index (χ1v) is 6.08. The smallest absolute Gasteiger partial charge is 0.292 e. The highest BCUT2D eigenvalue weighted by molar-refractivity contribution is 5.73. The van der Waals surface area contributed by atoms with Crippen molar-refractivity contribution in [2.24, 2.45) is 0 Å². The summed E-state index contributed by atoms with van der Waals surface area (Å²) >= 11 is 0. The van der Waals surface area contributed by atoms with Gasteiger partial charge in [0.1, 0.15) is 17.2 Å². The van der Waals surface area contributed by atoms with Gasteiger partial charge in [0.25, 0.3) is 5.69 Å². The number of hydrogen-bond donors (Lipinski definition) is 2. The quantitative estimate of drug-likeness (QED) is 0.498. The lowest BCUT2D eigenvalue weighted by molar-refractivity contribution is -0.383. The minimum Gasteiger partial charge on any atom is -0.497 e. The molecule has 7 heteroatoms. The molecule has 3 N–H and O–H groups in total. The van der Waals surface area contributed by atoms with Crippen LogP contribution in [0.25, 0.3) is 0 Å². The van der Waals surface area contributed by atoms with Crippen LogP contribution in [0.4, 0.5) is 22.7 Å². The van der Waals surface area contributed by atoms with Crippen LogP contribution in [0.15, 0.2) is 36.4 Å². The molecule has 0 aromatic heterocycles. The molecular formula is C14H15N3O4. The van der Waals surface area contributed by atoms with Crippen LogP contribution in [-0.2, 0) is 0 Å². The molecule has 110 valence electrons. The molecule has 0 radical (unpaired) electrons. The van der Waals surface area contributed by atoms with E-state index in [-0.39, 0.29) is 11.4 Å². The predicted octanol–water partition coefficient (Wildman–Crippen LogP) is 2.94. The molecule has 0 saturated heterocycles. The topological polar surface area (TPSA) is 99.6 Å². The number of nitrogens with one attached hydrogen (secondary N) is 1. The second-order valence-corrected chi connectivity index (χ2v) is 4.22. The van der Waals surface area contributed by atoms with Gasteiger partial charge >= 0.3 is 0 Å². The lowest BCUT2D eigenvalue weighted by Crippen LogP contribution is -1.99. The zero-order valence-corrected chi connectivity index (χ0v) is 11.6. The SMILES string of the molecule is COc1ccc(Nc2ccc([N+](=O)[O-])c(N)c2)c(OC)c1. The van der Waals surface area contributed by atoms with E-state index >= 15 is 0 Å². The number of nitro groups is 1. The third-order valence-corrected chi connectivity index (χ3v) is 2.91. The molecule has 7 nitrogen and oxygen atoms in total. The van der Waals surface area contributed by atoms with Crippen LogP contribution in [0.2, 0.25) is 0 Å². The summed E-state index contributed by atoms with van der Waals surface area (Å²) in [6.45, 7) is 0. The second kappa shape index (κ2) is 6.00. The lowest BCUT2D eigenvalue weighted by atomic mass is 10.2. The Labute approximate surface area is 121 Å². The number of benzene rings is 2. The Morgan fingerprint density at radius 1 is 1.14 bits per heavy atom. The maximum absolute atomic E-state index is 10.7. The van der Waals surface area contributed by atoms with E-state index in [4.69, 9.17) is 15.2 Å². The Hall–Kier alpha value is -2.96. The van der Waals surface area contributed by atoms with Gasteiger partial charge in [0.2, 0.25) is 0 Å². The fourth-order valence-electron chi connectivity index (χ4n) is 1.86. The second-order valence-electron chi connectivity index (χ2n) is 4.22. The number of methoxy groups -OCH3 is 2. The number of hydrogen-bond acceptors (Lipinski definition) is 6. The molecule has 0 aliphatic rings. The Morgan fingerprint density at radius 2 is 1.90 bits per heavy atom. The average molecular weight is 289 g/mol.